The Morgan fingerprint density at radius 3 is 2.88 bits per heavy atom. The second-order valence-electron chi connectivity index (χ2n) is 3.68. The van der Waals surface area contributed by atoms with Crippen LogP contribution in [0.15, 0.2) is 36.7 Å². The predicted octanol–water partition coefficient (Wildman–Crippen LogP) is 2.29. The molecule has 0 spiro atoms. The number of imidazole rings is 1. The molecule has 4 nitrogen and oxygen atoms in total. The summed E-state index contributed by atoms with van der Waals surface area (Å²) in [5.41, 5.74) is 0.724. The van der Waals surface area contributed by atoms with E-state index in [9.17, 15) is 4.79 Å². The minimum Gasteiger partial charge on any atom is -0.347 e. The average Bonchev–Trinajstić information content (AvgIpc) is 2.81. The maximum atomic E-state index is 12.2. The lowest BCUT2D eigenvalue weighted by atomic mass is 10.2. The number of aromatic amines is 1. The molecule has 0 radical (unpaired) electrons. The summed E-state index contributed by atoms with van der Waals surface area (Å²) in [5.74, 6) is 0.790. The summed E-state index contributed by atoms with van der Waals surface area (Å²) in [6, 6.07) is 7.55. The second-order valence-corrected chi connectivity index (χ2v) is 4.84. The van der Waals surface area contributed by atoms with Gasteiger partial charge in [-0.05, 0) is 34.7 Å². The van der Waals surface area contributed by atoms with E-state index >= 15 is 0 Å². The monoisotopic (exact) mass is 341 g/mol. The minimum absolute atomic E-state index is 0.00593. The van der Waals surface area contributed by atoms with Crippen LogP contribution >= 0.6 is 22.6 Å². The zero-order valence-corrected chi connectivity index (χ0v) is 11.5. The van der Waals surface area contributed by atoms with E-state index in [1.807, 2.05) is 24.3 Å². The van der Waals surface area contributed by atoms with Gasteiger partial charge < -0.3 is 9.88 Å². The highest BCUT2D eigenvalue weighted by atomic mass is 127. The second kappa shape index (κ2) is 5.31. The summed E-state index contributed by atoms with van der Waals surface area (Å²) in [6.07, 6.45) is 3.43. The molecule has 0 atom stereocenters. The summed E-state index contributed by atoms with van der Waals surface area (Å²) in [4.78, 5) is 20.9. The highest BCUT2D eigenvalue weighted by molar-refractivity contribution is 14.1. The Morgan fingerprint density at radius 2 is 2.24 bits per heavy atom. The molecule has 1 heterocycles. The lowest BCUT2D eigenvalue weighted by Gasteiger charge is -2.16. The van der Waals surface area contributed by atoms with Crippen molar-refractivity contribution in [2.75, 3.05) is 7.05 Å². The first kappa shape index (κ1) is 12.1. The summed E-state index contributed by atoms with van der Waals surface area (Å²) in [5, 5.41) is 0. The van der Waals surface area contributed by atoms with Gasteiger partial charge in [0.15, 0.2) is 0 Å². The van der Waals surface area contributed by atoms with Gasteiger partial charge in [-0.3, -0.25) is 4.79 Å². The van der Waals surface area contributed by atoms with Crippen LogP contribution in [0.3, 0.4) is 0 Å². The van der Waals surface area contributed by atoms with Gasteiger partial charge in [-0.2, -0.15) is 0 Å². The average molecular weight is 341 g/mol. The Balaban J connectivity index is 2.13. The van der Waals surface area contributed by atoms with E-state index in [4.69, 9.17) is 0 Å². The molecule has 0 aliphatic rings. The van der Waals surface area contributed by atoms with Crippen LogP contribution in [0.25, 0.3) is 0 Å². The fourth-order valence-corrected chi connectivity index (χ4v) is 2.14. The fraction of sp³-hybridized carbons (Fsp3) is 0.167. The van der Waals surface area contributed by atoms with Gasteiger partial charge in [0, 0.05) is 23.0 Å². The van der Waals surface area contributed by atoms with Crippen LogP contribution in [0.5, 0.6) is 0 Å². The van der Waals surface area contributed by atoms with Crippen LogP contribution in [-0.2, 0) is 6.54 Å². The first-order valence-corrected chi connectivity index (χ1v) is 6.24. The normalized spacial score (nSPS) is 10.2. The van der Waals surface area contributed by atoms with Crippen LogP contribution in [0.2, 0.25) is 0 Å². The van der Waals surface area contributed by atoms with Crippen molar-refractivity contribution in [3.8, 4) is 0 Å². The third-order valence-electron chi connectivity index (χ3n) is 2.39. The van der Waals surface area contributed by atoms with Gasteiger partial charge in [0.2, 0.25) is 0 Å². The summed E-state index contributed by atoms with van der Waals surface area (Å²) >= 11 is 2.17. The Hall–Kier alpha value is -1.37. The van der Waals surface area contributed by atoms with Crippen molar-refractivity contribution >= 4 is 28.5 Å². The number of nitrogens with one attached hydrogen (secondary N) is 1. The number of hydrogen-bond donors (Lipinski definition) is 1. The van der Waals surface area contributed by atoms with Crippen LogP contribution in [-0.4, -0.2) is 27.8 Å². The van der Waals surface area contributed by atoms with Gasteiger partial charge in [-0.1, -0.05) is 12.1 Å². The van der Waals surface area contributed by atoms with E-state index in [2.05, 4.69) is 32.6 Å². The topological polar surface area (TPSA) is 49.0 Å². The van der Waals surface area contributed by atoms with Gasteiger partial charge in [-0.25, -0.2) is 4.98 Å². The van der Waals surface area contributed by atoms with E-state index in [0.29, 0.717) is 6.54 Å². The van der Waals surface area contributed by atoms with E-state index in [1.54, 1.807) is 24.3 Å². The smallest absolute Gasteiger partial charge is 0.255 e. The van der Waals surface area contributed by atoms with Crippen molar-refractivity contribution in [2.45, 2.75) is 6.54 Å². The number of H-pyrrole nitrogens is 1. The first-order chi connectivity index (χ1) is 8.18. The lowest BCUT2D eigenvalue weighted by molar-refractivity contribution is 0.0781. The molecule has 17 heavy (non-hydrogen) atoms. The maximum absolute atomic E-state index is 12.2. The maximum Gasteiger partial charge on any atom is 0.255 e. The van der Waals surface area contributed by atoms with Crippen LogP contribution < -0.4 is 0 Å². The number of nitrogens with zero attached hydrogens (tertiary/aromatic N) is 2. The van der Waals surface area contributed by atoms with E-state index in [0.717, 1.165) is 15.0 Å². The van der Waals surface area contributed by atoms with Crippen molar-refractivity contribution in [1.29, 1.82) is 0 Å². The molecule has 0 unspecified atom stereocenters. The van der Waals surface area contributed by atoms with Crippen molar-refractivity contribution < 1.29 is 4.79 Å². The number of aromatic nitrogens is 2. The molecule has 2 aromatic rings. The number of amides is 1. The van der Waals surface area contributed by atoms with E-state index < -0.39 is 0 Å². The predicted molar refractivity (Wildman–Crippen MR) is 73.5 cm³/mol. The van der Waals surface area contributed by atoms with E-state index in [-0.39, 0.29) is 5.91 Å². The van der Waals surface area contributed by atoms with Crippen LogP contribution in [0.4, 0.5) is 0 Å². The molecule has 0 saturated carbocycles. The van der Waals surface area contributed by atoms with Crippen molar-refractivity contribution in [1.82, 2.24) is 14.9 Å². The van der Waals surface area contributed by atoms with Gasteiger partial charge in [0.25, 0.3) is 5.91 Å². The Labute approximate surface area is 113 Å². The highest BCUT2D eigenvalue weighted by Gasteiger charge is 2.14. The van der Waals surface area contributed by atoms with Gasteiger partial charge in [0.1, 0.15) is 5.82 Å². The lowest BCUT2D eigenvalue weighted by Crippen LogP contribution is -2.27. The highest BCUT2D eigenvalue weighted by Crippen LogP contribution is 2.14. The standard InChI is InChI=1S/C12H12IN3O/c1-16(8-11-14-6-7-15-11)12(17)9-4-2-3-5-10(9)13/h2-7H,8H2,1H3,(H,14,15). The van der Waals surface area contributed by atoms with Gasteiger partial charge in [0.05, 0.1) is 12.1 Å². The molecule has 0 aliphatic carbocycles. The summed E-state index contributed by atoms with van der Waals surface area (Å²) < 4.78 is 0.960. The van der Waals surface area contributed by atoms with Crippen molar-refractivity contribution in [3.05, 3.63) is 51.6 Å². The number of benzene rings is 1. The summed E-state index contributed by atoms with van der Waals surface area (Å²) in [6.45, 7) is 0.483. The number of halogens is 1. The SMILES string of the molecule is CN(Cc1ncc[nH]1)C(=O)c1ccccc1I. The third-order valence-corrected chi connectivity index (χ3v) is 3.33. The molecule has 0 bridgehead atoms. The van der Waals surface area contributed by atoms with E-state index in [1.165, 1.54) is 0 Å². The molecule has 1 aromatic carbocycles. The fourth-order valence-electron chi connectivity index (χ4n) is 1.52. The molecule has 0 fully saturated rings. The Bertz CT molecular complexity index is 510. The van der Waals surface area contributed by atoms with Gasteiger partial charge in [-0.15, -0.1) is 0 Å². The number of rotatable bonds is 3. The Morgan fingerprint density at radius 1 is 1.47 bits per heavy atom. The third kappa shape index (κ3) is 2.85. The molecular weight excluding hydrogens is 329 g/mol. The van der Waals surface area contributed by atoms with Crippen LogP contribution in [0.1, 0.15) is 16.2 Å². The Kier molecular flexibility index (Phi) is 3.78. The molecule has 88 valence electrons. The van der Waals surface area contributed by atoms with Gasteiger partial charge >= 0.3 is 0 Å². The quantitative estimate of drug-likeness (QED) is 0.871. The largest absolute Gasteiger partial charge is 0.347 e. The molecular formula is C12H12IN3O. The first-order valence-electron chi connectivity index (χ1n) is 5.16. The number of carbonyl (C=O) groups is 1. The zero-order valence-electron chi connectivity index (χ0n) is 9.35. The van der Waals surface area contributed by atoms with Crippen molar-refractivity contribution in [3.63, 3.8) is 0 Å². The zero-order chi connectivity index (χ0) is 12.3. The molecule has 0 saturated heterocycles. The molecule has 1 aromatic heterocycles. The number of hydrogen-bond acceptors (Lipinski definition) is 2. The van der Waals surface area contributed by atoms with Crippen LogP contribution in [0, 0.1) is 3.57 Å². The van der Waals surface area contributed by atoms with Crippen molar-refractivity contribution in [2.24, 2.45) is 0 Å². The molecule has 0 aliphatic heterocycles. The molecule has 2 rings (SSSR count). The minimum atomic E-state index is 0.00593. The molecule has 1 amide bonds. The number of carbonyl (C=O) groups excluding carboxylic acids is 1. The summed E-state index contributed by atoms with van der Waals surface area (Å²) in [7, 11) is 1.77. The molecule has 1 N–H and O–H groups in total. The molecule has 5 heteroatoms.